The molecule has 138 valence electrons. The Balaban J connectivity index is 1.77. The molecule has 3 aromatic heterocycles. The number of H-pyrrole nitrogens is 1. The van der Waals surface area contributed by atoms with Gasteiger partial charge in [-0.15, -0.1) is 0 Å². The molecule has 0 aliphatic carbocycles. The topological polar surface area (TPSA) is 158 Å². The molecule has 2 N–H and O–H groups in total. The van der Waals surface area contributed by atoms with Crippen molar-refractivity contribution in [2.24, 2.45) is 0 Å². The number of aromatic nitrogens is 6. The van der Waals surface area contributed by atoms with Crippen molar-refractivity contribution in [2.75, 3.05) is 5.32 Å². The fraction of sp³-hybridized carbons (Fsp3) is 0.0625. The van der Waals surface area contributed by atoms with Gasteiger partial charge in [0.2, 0.25) is 5.95 Å². The summed E-state index contributed by atoms with van der Waals surface area (Å²) in [4.78, 5) is 22.9. The van der Waals surface area contributed by atoms with Crippen molar-refractivity contribution < 1.29 is 9.34 Å². The van der Waals surface area contributed by atoms with Gasteiger partial charge in [0.25, 0.3) is 11.2 Å². The molecule has 5 rings (SSSR count). The minimum absolute atomic E-state index is 0.0504. The number of rotatable bonds is 3. The third kappa shape index (κ3) is 2.28. The van der Waals surface area contributed by atoms with Crippen LogP contribution in [0.5, 0.6) is 0 Å². The molecule has 0 amide bonds. The number of nitro groups is 1. The molecular formula is C16H10N8O4. The van der Waals surface area contributed by atoms with Crippen molar-refractivity contribution in [3.63, 3.8) is 0 Å². The van der Waals surface area contributed by atoms with Crippen molar-refractivity contribution in [2.45, 2.75) is 6.04 Å². The van der Waals surface area contributed by atoms with Gasteiger partial charge < -0.3 is 9.73 Å². The number of aromatic amines is 1. The summed E-state index contributed by atoms with van der Waals surface area (Å²) >= 11 is 0. The van der Waals surface area contributed by atoms with Crippen LogP contribution in [0.25, 0.3) is 11.3 Å². The second-order valence-corrected chi connectivity index (χ2v) is 5.98. The zero-order valence-electron chi connectivity index (χ0n) is 13.9. The van der Waals surface area contributed by atoms with Crippen LogP contribution >= 0.6 is 0 Å². The largest absolute Gasteiger partial charge is 0.467 e. The van der Waals surface area contributed by atoms with E-state index in [2.05, 4.69) is 31.0 Å². The molecule has 28 heavy (non-hydrogen) atoms. The van der Waals surface area contributed by atoms with Crippen molar-refractivity contribution in [3.05, 3.63) is 74.5 Å². The Morgan fingerprint density at radius 1 is 1.21 bits per heavy atom. The Labute approximate surface area is 155 Å². The van der Waals surface area contributed by atoms with Gasteiger partial charge in [0, 0.05) is 23.3 Å². The summed E-state index contributed by atoms with van der Waals surface area (Å²) in [7, 11) is 0. The summed E-state index contributed by atoms with van der Waals surface area (Å²) < 4.78 is 7.05. The molecule has 1 unspecified atom stereocenters. The number of nitro benzene ring substituents is 1. The number of hydrogen-bond acceptors (Lipinski definition) is 9. The SMILES string of the molecule is O=c1[nH]nc(-c2ccc([N+](=O)[O-])cc2)c2c1Nc1nnnn1C2c1ccco1. The quantitative estimate of drug-likeness (QED) is 0.351. The second kappa shape index (κ2) is 5.84. The van der Waals surface area contributed by atoms with Crippen LogP contribution in [0.15, 0.2) is 51.9 Å². The summed E-state index contributed by atoms with van der Waals surface area (Å²) in [5.41, 5.74) is 1.21. The lowest BCUT2D eigenvalue weighted by Gasteiger charge is -2.26. The molecule has 4 aromatic rings. The van der Waals surface area contributed by atoms with Crippen molar-refractivity contribution in [3.8, 4) is 11.3 Å². The van der Waals surface area contributed by atoms with Gasteiger partial charge in [-0.2, -0.15) is 9.78 Å². The Kier molecular flexibility index (Phi) is 3.31. The highest BCUT2D eigenvalue weighted by molar-refractivity contribution is 5.75. The number of fused-ring (bicyclic) bond motifs is 2. The van der Waals surface area contributed by atoms with Gasteiger partial charge >= 0.3 is 0 Å². The van der Waals surface area contributed by atoms with Gasteiger partial charge in [0.05, 0.1) is 16.9 Å². The first-order chi connectivity index (χ1) is 13.6. The summed E-state index contributed by atoms with van der Waals surface area (Å²) in [6.45, 7) is 0. The van der Waals surface area contributed by atoms with Crippen LogP contribution < -0.4 is 10.9 Å². The molecule has 1 atom stereocenters. The monoisotopic (exact) mass is 378 g/mol. The molecule has 0 saturated carbocycles. The second-order valence-electron chi connectivity index (χ2n) is 5.98. The smallest absolute Gasteiger partial charge is 0.288 e. The maximum atomic E-state index is 12.5. The Morgan fingerprint density at radius 2 is 2.04 bits per heavy atom. The van der Waals surface area contributed by atoms with E-state index in [-0.39, 0.29) is 17.3 Å². The Morgan fingerprint density at radius 3 is 2.75 bits per heavy atom. The minimum Gasteiger partial charge on any atom is -0.467 e. The molecule has 0 radical (unpaired) electrons. The summed E-state index contributed by atoms with van der Waals surface area (Å²) in [6.07, 6.45) is 1.51. The molecule has 0 saturated heterocycles. The highest BCUT2D eigenvalue weighted by Gasteiger charge is 2.35. The average Bonchev–Trinajstić information content (AvgIpc) is 3.39. The highest BCUT2D eigenvalue weighted by Crippen LogP contribution is 2.41. The Hall–Kier alpha value is -4.35. The van der Waals surface area contributed by atoms with E-state index >= 15 is 0 Å². The molecule has 12 nitrogen and oxygen atoms in total. The van der Waals surface area contributed by atoms with Gasteiger partial charge in [-0.3, -0.25) is 14.9 Å². The summed E-state index contributed by atoms with van der Waals surface area (Å²) in [5.74, 6) is 0.784. The van der Waals surface area contributed by atoms with E-state index in [4.69, 9.17) is 4.42 Å². The first-order valence-corrected chi connectivity index (χ1v) is 8.09. The lowest BCUT2D eigenvalue weighted by molar-refractivity contribution is -0.384. The predicted molar refractivity (Wildman–Crippen MR) is 94.0 cm³/mol. The fourth-order valence-corrected chi connectivity index (χ4v) is 3.21. The summed E-state index contributed by atoms with van der Waals surface area (Å²) in [6, 6.07) is 8.68. The van der Waals surface area contributed by atoms with Gasteiger partial charge in [0.1, 0.15) is 17.5 Å². The van der Waals surface area contributed by atoms with Crippen LogP contribution in [0.4, 0.5) is 17.3 Å². The van der Waals surface area contributed by atoms with Crippen LogP contribution in [0.3, 0.4) is 0 Å². The maximum Gasteiger partial charge on any atom is 0.288 e. The van der Waals surface area contributed by atoms with Crippen LogP contribution in [-0.4, -0.2) is 35.3 Å². The number of tetrazole rings is 1. The van der Waals surface area contributed by atoms with E-state index < -0.39 is 16.5 Å². The first kappa shape index (κ1) is 15.9. The average molecular weight is 378 g/mol. The standard InChI is InChI=1S/C16H10N8O4/c25-15-13-11(12(18-19-15)8-3-5-9(6-4-8)24(26)27)14(10-2-1-7-28-10)23-16(17-13)20-21-22-23/h1-7,14H,(H,19,25)(H,17,20,22). The zero-order valence-corrected chi connectivity index (χ0v) is 13.9. The molecule has 12 heteroatoms. The van der Waals surface area contributed by atoms with Crippen LogP contribution in [-0.2, 0) is 0 Å². The van der Waals surface area contributed by atoms with Crippen molar-refractivity contribution in [1.82, 2.24) is 30.4 Å². The third-order valence-electron chi connectivity index (χ3n) is 4.43. The third-order valence-corrected chi connectivity index (χ3v) is 4.43. The number of benzene rings is 1. The highest BCUT2D eigenvalue weighted by atomic mass is 16.6. The van der Waals surface area contributed by atoms with Gasteiger partial charge in [-0.05, 0) is 34.7 Å². The van der Waals surface area contributed by atoms with E-state index in [1.54, 1.807) is 24.3 Å². The van der Waals surface area contributed by atoms with Crippen LogP contribution in [0.1, 0.15) is 17.4 Å². The van der Waals surface area contributed by atoms with E-state index in [1.165, 1.54) is 23.1 Å². The van der Waals surface area contributed by atoms with E-state index in [1.807, 2.05) is 0 Å². The molecule has 1 aromatic carbocycles. The Bertz CT molecular complexity index is 1240. The predicted octanol–water partition coefficient (Wildman–Crippen LogP) is 1.62. The number of non-ortho nitro benzene ring substituents is 1. The molecular weight excluding hydrogens is 368 g/mol. The lowest BCUT2D eigenvalue weighted by atomic mass is 9.96. The molecule has 0 fully saturated rings. The normalized spacial score (nSPS) is 14.8. The lowest BCUT2D eigenvalue weighted by Crippen LogP contribution is -2.28. The molecule has 0 spiro atoms. The number of anilines is 2. The van der Waals surface area contributed by atoms with Crippen molar-refractivity contribution >= 4 is 17.3 Å². The molecule has 0 bridgehead atoms. The van der Waals surface area contributed by atoms with Gasteiger partial charge in [-0.1, -0.05) is 5.10 Å². The minimum atomic E-state index is -0.642. The van der Waals surface area contributed by atoms with Crippen LogP contribution in [0, 0.1) is 10.1 Å². The zero-order chi connectivity index (χ0) is 19.3. The first-order valence-electron chi connectivity index (χ1n) is 8.09. The van der Waals surface area contributed by atoms with Gasteiger partial charge in [0.15, 0.2) is 0 Å². The number of hydrogen-bond donors (Lipinski definition) is 2. The molecule has 1 aliphatic heterocycles. The summed E-state index contributed by atoms with van der Waals surface area (Å²) in [5, 5.41) is 32.0. The van der Waals surface area contributed by atoms with E-state index in [9.17, 15) is 14.9 Å². The number of nitrogens with zero attached hydrogens (tertiary/aromatic N) is 6. The maximum absolute atomic E-state index is 12.5. The number of nitrogens with one attached hydrogen (secondary N) is 2. The van der Waals surface area contributed by atoms with E-state index in [0.29, 0.717) is 22.6 Å². The molecule has 1 aliphatic rings. The van der Waals surface area contributed by atoms with Crippen LogP contribution in [0.2, 0.25) is 0 Å². The molecule has 4 heterocycles. The van der Waals surface area contributed by atoms with Crippen molar-refractivity contribution in [1.29, 1.82) is 0 Å². The number of furan rings is 1. The van der Waals surface area contributed by atoms with E-state index in [0.717, 1.165) is 0 Å². The fourth-order valence-electron chi connectivity index (χ4n) is 3.21. The van der Waals surface area contributed by atoms with Gasteiger partial charge in [-0.25, -0.2) is 5.10 Å².